The third-order valence-corrected chi connectivity index (χ3v) is 6.64. The van der Waals surface area contributed by atoms with Gasteiger partial charge in [0.1, 0.15) is 17.3 Å². The Morgan fingerprint density at radius 2 is 1.70 bits per heavy atom. The lowest BCUT2D eigenvalue weighted by atomic mass is 9.94. The van der Waals surface area contributed by atoms with E-state index in [0.717, 1.165) is 11.8 Å². The lowest BCUT2D eigenvalue weighted by Gasteiger charge is -2.31. The summed E-state index contributed by atoms with van der Waals surface area (Å²) in [6.07, 6.45) is -12.7. The minimum absolute atomic E-state index is 0.210. The van der Waals surface area contributed by atoms with Gasteiger partial charge in [0.2, 0.25) is 18.0 Å². The number of carbonyl (C=O) groups is 4. The summed E-state index contributed by atoms with van der Waals surface area (Å²) in [5.74, 6) is -5.93. The van der Waals surface area contributed by atoms with Crippen LogP contribution in [0.15, 0.2) is 23.3 Å². The van der Waals surface area contributed by atoms with Crippen LogP contribution >= 0.6 is 0 Å². The number of nitrogens with one attached hydrogen (secondary N) is 1. The molecule has 2 aliphatic rings. The van der Waals surface area contributed by atoms with E-state index in [0.29, 0.717) is 10.6 Å². The molecule has 1 aromatic heterocycles. The second kappa shape index (κ2) is 14.7. The van der Waals surface area contributed by atoms with Gasteiger partial charge in [-0.15, -0.1) is 0 Å². The fourth-order valence-corrected chi connectivity index (χ4v) is 4.74. The quantitative estimate of drug-likeness (QED) is 0.148. The Morgan fingerprint density at radius 3 is 2.30 bits per heavy atom. The van der Waals surface area contributed by atoms with Crippen molar-refractivity contribution in [1.82, 2.24) is 19.8 Å². The lowest BCUT2D eigenvalue weighted by Crippen LogP contribution is -2.45. The molecule has 12 nitrogen and oxygen atoms in total. The van der Waals surface area contributed by atoms with Gasteiger partial charge in [0.15, 0.2) is 11.9 Å². The van der Waals surface area contributed by atoms with Crippen molar-refractivity contribution in [2.24, 2.45) is 0 Å². The van der Waals surface area contributed by atoms with Crippen LogP contribution in [-0.4, -0.2) is 75.3 Å². The highest BCUT2D eigenvalue weighted by Gasteiger charge is 2.42. The zero-order valence-corrected chi connectivity index (χ0v) is 26.5. The van der Waals surface area contributed by atoms with Crippen LogP contribution in [0.1, 0.15) is 82.8 Å². The maximum absolute atomic E-state index is 14.5. The number of allylic oxidation sites excluding steroid dienone is 3. The molecule has 262 valence electrons. The topological polar surface area (TPSA) is 138 Å². The van der Waals surface area contributed by atoms with E-state index in [-0.39, 0.29) is 17.8 Å². The molecule has 1 aromatic rings. The highest BCUT2D eigenvalue weighted by Crippen LogP contribution is 2.34. The summed E-state index contributed by atoms with van der Waals surface area (Å²) in [4.78, 5) is 55.1. The molecule has 2 heterocycles. The molecule has 0 spiro atoms. The molecule has 18 heteroatoms. The van der Waals surface area contributed by atoms with Crippen LogP contribution in [0.2, 0.25) is 0 Å². The second-order valence-electron chi connectivity index (χ2n) is 12.1. The Morgan fingerprint density at radius 1 is 1.04 bits per heavy atom. The van der Waals surface area contributed by atoms with E-state index in [1.807, 2.05) is 0 Å². The fourth-order valence-electron chi connectivity index (χ4n) is 4.74. The molecule has 2 unspecified atom stereocenters. The van der Waals surface area contributed by atoms with Gasteiger partial charge in [0, 0.05) is 45.0 Å². The van der Waals surface area contributed by atoms with Crippen molar-refractivity contribution in [3.05, 3.63) is 40.5 Å². The lowest BCUT2D eigenvalue weighted by molar-refractivity contribution is -0.148. The van der Waals surface area contributed by atoms with Crippen molar-refractivity contribution in [2.75, 3.05) is 6.54 Å². The maximum atomic E-state index is 14.5. The van der Waals surface area contributed by atoms with Crippen molar-refractivity contribution >= 4 is 24.1 Å². The van der Waals surface area contributed by atoms with Crippen molar-refractivity contribution in [2.45, 2.75) is 110 Å². The van der Waals surface area contributed by atoms with E-state index in [1.165, 1.54) is 13.8 Å². The minimum atomic E-state index is -4.99. The fraction of sp³-hybridized carbons (Fsp3) is 0.621. The van der Waals surface area contributed by atoms with Crippen LogP contribution < -0.4 is 5.32 Å². The van der Waals surface area contributed by atoms with Gasteiger partial charge in [-0.2, -0.15) is 13.2 Å². The van der Waals surface area contributed by atoms with E-state index in [4.69, 9.17) is 18.9 Å². The number of halogens is 6. The van der Waals surface area contributed by atoms with Gasteiger partial charge < -0.3 is 33.7 Å². The average Bonchev–Trinajstić information content (AvgIpc) is 3.29. The maximum Gasteiger partial charge on any atom is 0.511 e. The Balaban J connectivity index is 1.84. The summed E-state index contributed by atoms with van der Waals surface area (Å²) in [5.41, 5.74) is -2.30. The van der Waals surface area contributed by atoms with E-state index in [1.54, 1.807) is 20.8 Å². The first-order chi connectivity index (χ1) is 21.6. The van der Waals surface area contributed by atoms with Gasteiger partial charge in [-0.3, -0.25) is 4.79 Å². The predicted molar refractivity (Wildman–Crippen MR) is 149 cm³/mol. The standard InChI is InChI=1S/C29H36F6N4O8/c1-14(2)44-27(43)46-15(3)45-24(41)23-21-13-38(7-8-39(21)25(37-23)29(33,34)35)22(40)11-17(36-26(42)47-28(4,5)6)9-16-10-19(31)20(32)12-18(16)30/h12,14-15,17,19H,7-11,13H2,1-6H3,(H,36,42)/t15?,17-,19?/m1/s1. The highest BCUT2D eigenvalue weighted by atomic mass is 19.4. The summed E-state index contributed by atoms with van der Waals surface area (Å²) < 4.78 is 104. The first-order valence-electron chi connectivity index (χ1n) is 14.5. The van der Waals surface area contributed by atoms with E-state index < -0.39 is 116 Å². The molecule has 0 aromatic carbocycles. The summed E-state index contributed by atoms with van der Waals surface area (Å²) in [6, 6.07) is -1.20. The summed E-state index contributed by atoms with van der Waals surface area (Å²) in [5, 5.41) is 2.42. The number of alkyl halides is 4. The Labute approximate surface area is 266 Å². The van der Waals surface area contributed by atoms with Crippen molar-refractivity contribution in [3.63, 3.8) is 0 Å². The van der Waals surface area contributed by atoms with Gasteiger partial charge in [-0.05, 0) is 46.6 Å². The molecular formula is C29H36F6N4O8. The largest absolute Gasteiger partial charge is 0.511 e. The Bertz CT molecular complexity index is 1430. The van der Waals surface area contributed by atoms with Gasteiger partial charge in [-0.25, -0.2) is 32.5 Å². The monoisotopic (exact) mass is 682 g/mol. The molecule has 47 heavy (non-hydrogen) atoms. The minimum Gasteiger partial charge on any atom is -0.444 e. The van der Waals surface area contributed by atoms with Crippen LogP contribution in [0.25, 0.3) is 0 Å². The number of hydrogen-bond donors (Lipinski definition) is 1. The molecule has 0 radical (unpaired) electrons. The Hall–Kier alpha value is -4.25. The number of imidazole rings is 1. The summed E-state index contributed by atoms with van der Waals surface area (Å²) >= 11 is 0. The number of esters is 1. The molecule has 0 bridgehead atoms. The molecule has 1 N–H and O–H groups in total. The number of alkyl carbamates (subject to hydrolysis) is 1. The average molecular weight is 683 g/mol. The zero-order chi connectivity index (χ0) is 35.4. The van der Waals surface area contributed by atoms with Gasteiger partial charge in [0.05, 0.1) is 18.3 Å². The second-order valence-corrected chi connectivity index (χ2v) is 12.1. The highest BCUT2D eigenvalue weighted by molar-refractivity contribution is 5.89. The van der Waals surface area contributed by atoms with Crippen LogP contribution in [0.3, 0.4) is 0 Å². The first kappa shape index (κ1) is 37.2. The molecule has 0 fully saturated rings. The molecule has 0 saturated heterocycles. The SMILES string of the molecule is CC(C)OC(=O)OC(C)OC(=O)c1nc(C(F)(F)F)n2c1CN(C(=O)C[C@@H](CC1=C(F)C=C(F)C(F)C1)NC(=O)OC(C)(C)C)CC2. The smallest absolute Gasteiger partial charge is 0.444 e. The van der Waals surface area contributed by atoms with Gasteiger partial charge in [-0.1, -0.05) is 0 Å². The number of fused-ring (bicyclic) bond motifs is 1. The summed E-state index contributed by atoms with van der Waals surface area (Å²) in [7, 11) is 0. The molecular weight excluding hydrogens is 646 g/mol. The first-order valence-corrected chi connectivity index (χ1v) is 14.5. The number of ether oxygens (including phenoxy) is 4. The van der Waals surface area contributed by atoms with Crippen LogP contribution in [0.4, 0.5) is 35.9 Å². The Kier molecular flexibility index (Phi) is 11.6. The normalized spacial score (nSPS) is 18.2. The van der Waals surface area contributed by atoms with Gasteiger partial charge >= 0.3 is 24.4 Å². The molecule has 1 aliphatic heterocycles. The molecule has 3 atom stereocenters. The zero-order valence-electron chi connectivity index (χ0n) is 26.5. The third kappa shape index (κ3) is 10.4. The number of hydrogen-bond acceptors (Lipinski definition) is 9. The van der Waals surface area contributed by atoms with E-state index in [9.17, 15) is 45.5 Å². The predicted octanol–water partition coefficient (Wildman–Crippen LogP) is 5.80. The van der Waals surface area contributed by atoms with Crippen molar-refractivity contribution in [1.29, 1.82) is 0 Å². The van der Waals surface area contributed by atoms with Crippen LogP contribution in [0.5, 0.6) is 0 Å². The molecule has 2 amide bonds. The van der Waals surface area contributed by atoms with Crippen LogP contribution in [0, 0.1) is 0 Å². The summed E-state index contributed by atoms with van der Waals surface area (Å²) in [6.45, 7) is 7.59. The van der Waals surface area contributed by atoms with Crippen LogP contribution in [-0.2, 0) is 43.0 Å². The molecule has 3 rings (SSSR count). The number of rotatable bonds is 9. The van der Waals surface area contributed by atoms with E-state index >= 15 is 0 Å². The van der Waals surface area contributed by atoms with E-state index in [2.05, 4.69) is 10.3 Å². The van der Waals surface area contributed by atoms with Crippen molar-refractivity contribution < 1.29 is 64.5 Å². The molecule has 1 aliphatic carbocycles. The van der Waals surface area contributed by atoms with Crippen molar-refractivity contribution in [3.8, 4) is 0 Å². The van der Waals surface area contributed by atoms with Gasteiger partial charge in [0.25, 0.3) is 0 Å². The number of amides is 2. The number of nitrogens with zero attached hydrogens (tertiary/aromatic N) is 3. The number of carbonyl (C=O) groups excluding carboxylic acids is 4. The number of aromatic nitrogens is 2. The third-order valence-electron chi connectivity index (χ3n) is 6.64. The molecule has 0 saturated carbocycles.